The van der Waals surface area contributed by atoms with Crippen molar-refractivity contribution in [3.05, 3.63) is 77.7 Å². The van der Waals surface area contributed by atoms with Crippen molar-refractivity contribution in [1.82, 2.24) is 4.31 Å². The molecule has 2 atom stereocenters. The van der Waals surface area contributed by atoms with Crippen molar-refractivity contribution in [2.45, 2.75) is 27.2 Å². The molecule has 35 heavy (non-hydrogen) atoms. The maximum Gasteiger partial charge on any atom is 0.273 e. The summed E-state index contributed by atoms with van der Waals surface area (Å²) in [4.78, 5) is 3.09. The monoisotopic (exact) mass is 542 g/mol. The number of thioether (sulfide) groups is 1. The van der Waals surface area contributed by atoms with Gasteiger partial charge in [-0.25, -0.2) is 21.6 Å². The van der Waals surface area contributed by atoms with Gasteiger partial charge < -0.3 is 10.0 Å². The standard InChI is InChI=1S/C24H25F3N2O3S3/c25-17-24(30,23(26)27)18-8-10-19(11-9-18)29-13-12-28(35(31,32)22-7-4-14-33-22)15-20(29)16-34-21-5-2-1-3-6-21/h1-11,14,20,23,30H,12-13,15-17H2/t20-,24?/m1/s1. The molecule has 1 unspecified atom stereocenters. The summed E-state index contributed by atoms with van der Waals surface area (Å²) < 4.78 is 67.8. The number of halogens is 3. The van der Waals surface area contributed by atoms with Crippen LogP contribution in [0.2, 0.25) is 0 Å². The van der Waals surface area contributed by atoms with E-state index in [0.717, 1.165) is 4.90 Å². The number of piperazine rings is 1. The summed E-state index contributed by atoms with van der Waals surface area (Å²) in [5.74, 6) is 0.591. The van der Waals surface area contributed by atoms with Crippen LogP contribution in [0.4, 0.5) is 18.9 Å². The van der Waals surface area contributed by atoms with Crippen LogP contribution < -0.4 is 4.90 Å². The Morgan fingerprint density at radius 2 is 1.77 bits per heavy atom. The van der Waals surface area contributed by atoms with E-state index in [4.69, 9.17) is 0 Å². The number of thiophene rings is 1. The SMILES string of the molecule is O=S(=O)(c1cccs1)N1CCN(c2ccc(C(O)(CF)C(F)F)cc2)[C@@H](CSc2ccccc2)C1. The number of nitrogens with zero attached hydrogens (tertiary/aromatic N) is 2. The zero-order chi connectivity index (χ0) is 25.1. The molecule has 1 N–H and O–H groups in total. The molecule has 0 amide bonds. The average molecular weight is 543 g/mol. The number of rotatable bonds is 9. The van der Waals surface area contributed by atoms with Gasteiger partial charge in [0.25, 0.3) is 16.4 Å². The molecule has 2 heterocycles. The largest absolute Gasteiger partial charge is 0.377 e. The van der Waals surface area contributed by atoms with E-state index in [2.05, 4.69) is 0 Å². The van der Waals surface area contributed by atoms with Crippen molar-refractivity contribution in [2.24, 2.45) is 0 Å². The average Bonchev–Trinajstić information content (AvgIpc) is 3.43. The Bertz CT molecular complexity index is 1200. The van der Waals surface area contributed by atoms with E-state index < -0.39 is 28.7 Å². The fourth-order valence-corrected chi connectivity index (χ4v) is 7.61. The maximum absolute atomic E-state index is 13.3. The molecule has 1 fully saturated rings. The van der Waals surface area contributed by atoms with Gasteiger partial charge in [0.05, 0.1) is 6.04 Å². The lowest BCUT2D eigenvalue weighted by atomic mass is 9.95. The Kier molecular flexibility index (Phi) is 8.12. The van der Waals surface area contributed by atoms with Crippen LogP contribution in [0.1, 0.15) is 5.56 Å². The fourth-order valence-electron chi connectivity index (χ4n) is 3.98. The lowest BCUT2D eigenvalue weighted by Gasteiger charge is -2.42. The van der Waals surface area contributed by atoms with Gasteiger partial charge in [0.2, 0.25) is 0 Å². The lowest BCUT2D eigenvalue weighted by molar-refractivity contribution is -0.114. The van der Waals surface area contributed by atoms with E-state index in [0.29, 0.717) is 22.2 Å². The number of alkyl halides is 3. The highest BCUT2D eigenvalue weighted by molar-refractivity contribution is 7.99. The summed E-state index contributed by atoms with van der Waals surface area (Å²) in [7, 11) is -3.62. The van der Waals surface area contributed by atoms with E-state index in [-0.39, 0.29) is 24.7 Å². The van der Waals surface area contributed by atoms with Crippen LogP contribution in [0.15, 0.2) is 81.2 Å². The van der Waals surface area contributed by atoms with Gasteiger partial charge in [-0.1, -0.05) is 36.4 Å². The van der Waals surface area contributed by atoms with Crippen LogP contribution in [0.25, 0.3) is 0 Å². The first kappa shape index (κ1) is 26.0. The highest BCUT2D eigenvalue weighted by Crippen LogP contribution is 2.33. The molecule has 5 nitrogen and oxygen atoms in total. The molecule has 11 heteroatoms. The molecule has 2 aromatic carbocycles. The smallest absolute Gasteiger partial charge is 0.273 e. The first-order valence-corrected chi connectivity index (χ1v) is 14.2. The van der Waals surface area contributed by atoms with Crippen LogP contribution in [0.5, 0.6) is 0 Å². The van der Waals surface area contributed by atoms with Crippen LogP contribution in [0.3, 0.4) is 0 Å². The Morgan fingerprint density at radius 1 is 1.06 bits per heavy atom. The number of aliphatic hydroxyl groups is 1. The summed E-state index contributed by atoms with van der Waals surface area (Å²) >= 11 is 2.78. The highest BCUT2D eigenvalue weighted by Gasteiger charge is 2.40. The molecule has 0 saturated carbocycles. The minimum Gasteiger partial charge on any atom is -0.377 e. The predicted octanol–water partition coefficient (Wildman–Crippen LogP) is 4.84. The molecule has 0 radical (unpaired) electrons. The fraction of sp³-hybridized carbons (Fsp3) is 0.333. The van der Waals surface area contributed by atoms with E-state index in [1.165, 1.54) is 27.8 Å². The predicted molar refractivity (Wildman–Crippen MR) is 134 cm³/mol. The zero-order valence-electron chi connectivity index (χ0n) is 18.6. The molecular formula is C24H25F3N2O3S3. The van der Waals surface area contributed by atoms with Crippen molar-refractivity contribution >= 4 is 38.8 Å². The summed E-state index contributed by atoms with van der Waals surface area (Å²) in [6.45, 7) is -0.682. The van der Waals surface area contributed by atoms with E-state index in [9.17, 15) is 26.7 Å². The number of hydrogen-bond acceptors (Lipinski definition) is 6. The van der Waals surface area contributed by atoms with Gasteiger partial charge in [-0.2, -0.15) is 4.31 Å². The zero-order valence-corrected chi connectivity index (χ0v) is 21.1. The number of anilines is 1. The van der Waals surface area contributed by atoms with Gasteiger partial charge >= 0.3 is 0 Å². The second kappa shape index (κ2) is 10.9. The van der Waals surface area contributed by atoms with E-state index in [1.54, 1.807) is 41.4 Å². The van der Waals surface area contributed by atoms with Crippen molar-refractivity contribution in [2.75, 3.05) is 37.0 Å². The Labute approximate surface area is 211 Å². The van der Waals surface area contributed by atoms with Gasteiger partial charge in [0, 0.05) is 36.0 Å². The molecule has 0 aliphatic carbocycles. The first-order valence-electron chi connectivity index (χ1n) is 10.9. The molecule has 188 valence electrons. The summed E-state index contributed by atoms with van der Waals surface area (Å²) in [5, 5.41) is 11.8. The molecular weight excluding hydrogens is 517 g/mol. The molecule has 1 aliphatic rings. The van der Waals surface area contributed by atoms with Gasteiger partial charge in [0.15, 0.2) is 5.60 Å². The van der Waals surface area contributed by atoms with Crippen molar-refractivity contribution in [3.63, 3.8) is 0 Å². The van der Waals surface area contributed by atoms with Crippen LogP contribution in [0, 0.1) is 0 Å². The number of sulfonamides is 1. The van der Waals surface area contributed by atoms with Crippen molar-refractivity contribution in [3.8, 4) is 0 Å². The van der Waals surface area contributed by atoms with Gasteiger partial charge in [-0.3, -0.25) is 0 Å². The number of benzene rings is 2. The molecule has 4 rings (SSSR count). The van der Waals surface area contributed by atoms with Crippen LogP contribution >= 0.6 is 23.1 Å². The highest BCUT2D eigenvalue weighted by atomic mass is 32.2. The van der Waals surface area contributed by atoms with Gasteiger partial charge in [-0.15, -0.1) is 23.1 Å². The minimum absolute atomic E-state index is 0.201. The second-order valence-electron chi connectivity index (χ2n) is 8.17. The normalized spacial score (nSPS) is 19.1. The lowest BCUT2D eigenvalue weighted by Crippen LogP contribution is -2.55. The van der Waals surface area contributed by atoms with Gasteiger partial charge in [-0.05, 0) is 41.3 Å². The Hall–Kier alpha value is -2.05. The van der Waals surface area contributed by atoms with Crippen LogP contribution in [-0.4, -0.2) is 62.4 Å². The maximum atomic E-state index is 13.3. The first-order chi connectivity index (χ1) is 16.8. The molecule has 3 aromatic rings. The molecule has 1 saturated heterocycles. The molecule has 0 spiro atoms. The van der Waals surface area contributed by atoms with Gasteiger partial charge in [0.1, 0.15) is 10.9 Å². The molecule has 1 aromatic heterocycles. The Morgan fingerprint density at radius 3 is 2.37 bits per heavy atom. The van der Waals surface area contributed by atoms with Crippen molar-refractivity contribution < 1.29 is 26.7 Å². The Balaban J connectivity index is 1.58. The third-order valence-electron chi connectivity index (χ3n) is 5.98. The van der Waals surface area contributed by atoms with E-state index in [1.807, 2.05) is 35.2 Å². The molecule has 0 bridgehead atoms. The second-order valence-corrected chi connectivity index (χ2v) is 12.4. The third-order valence-corrected chi connectivity index (χ3v) is 10.4. The van der Waals surface area contributed by atoms with Crippen LogP contribution in [-0.2, 0) is 15.6 Å². The molecule has 1 aliphatic heterocycles. The third kappa shape index (κ3) is 5.54. The van der Waals surface area contributed by atoms with E-state index >= 15 is 0 Å². The number of hydrogen-bond donors (Lipinski definition) is 1. The summed E-state index contributed by atoms with van der Waals surface area (Å²) in [6, 6.07) is 18.6. The quantitative estimate of drug-likeness (QED) is 0.392. The summed E-state index contributed by atoms with van der Waals surface area (Å²) in [6.07, 6.45) is -3.26. The minimum atomic E-state index is -3.62. The van der Waals surface area contributed by atoms with Crippen molar-refractivity contribution in [1.29, 1.82) is 0 Å². The topological polar surface area (TPSA) is 60.9 Å². The summed E-state index contributed by atoms with van der Waals surface area (Å²) in [5.41, 5.74) is -2.36.